The lowest BCUT2D eigenvalue weighted by atomic mass is 9.85. The Kier molecular flexibility index (Phi) is 4.92. The standard InChI is InChI=1S/C14H18FN5OS/c1-14(2,9-3-5-10(15)6-4-9)8-18-13-19-11(20-22-13)7-17-12(16)21/h3-6H,7-8H2,1-2H3,(H3,16,17,21)(H,18,19,20). The number of benzene rings is 1. The number of carbonyl (C=O) groups excluding carboxylic acids is 1. The summed E-state index contributed by atoms with van der Waals surface area (Å²) in [4.78, 5) is 14.9. The van der Waals surface area contributed by atoms with Gasteiger partial charge in [-0.25, -0.2) is 14.2 Å². The topological polar surface area (TPSA) is 92.9 Å². The van der Waals surface area contributed by atoms with E-state index in [0.29, 0.717) is 17.5 Å². The Bertz CT molecular complexity index is 641. The minimum atomic E-state index is -0.609. The molecule has 0 saturated carbocycles. The molecule has 8 heteroatoms. The van der Waals surface area contributed by atoms with E-state index in [1.54, 1.807) is 12.1 Å². The summed E-state index contributed by atoms with van der Waals surface area (Å²) in [7, 11) is 0. The number of nitrogens with one attached hydrogen (secondary N) is 2. The number of anilines is 1. The van der Waals surface area contributed by atoms with Crippen LogP contribution in [0, 0.1) is 5.82 Å². The first kappa shape index (κ1) is 16.2. The van der Waals surface area contributed by atoms with Gasteiger partial charge in [0.2, 0.25) is 5.13 Å². The van der Waals surface area contributed by atoms with Crippen LogP contribution in [0.25, 0.3) is 0 Å². The maximum atomic E-state index is 13.0. The van der Waals surface area contributed by atoms with Crippen LogP contribution in [-0.4, -0.2) is 21.9 Å². The number of amides is 2. The number of carbonyl (C=O) groups is 1. The third-order valence-electron chi connectivity index (χ3n) is 3.20. The Hall–Kier alpha value is -2.22. The molecule has 1 aromatic carbocycles. The van der Waals surface area contributed by atoms with Crippen LogP contribution in [0.2, 0.25) is 0 Å². The van der Waals surface area contributed by atoms with E-state index in [1.807, 2.05) is 0 Å². The lowest BCUT2D eigenvalue weighted by Crippen LogP contribution is -2.29. The van der Waals surface area contributed by atoms with Crippen molar-refractivity contribution >= 4 is 22.7 Å². The largest absolute Gasteiger partial charge is 0.359 e. The maximum absolute atomic E-state index is 13.0. The van der Waals surface area contributed by atoms with E-state index in [2.05, 4.69) is 33.8 Å². The molecule has 0 aliphatic rings. The van der Waals surface area contributed by atoms with Gasteiger partial charge in [0, 0.05) is 23.5 Å². The van der Waals surface area contributed by atoms with E-state index in [0.717, 1.165) is 5.56 Å². The molecule has 6 nitrogen and oxygen atoms in total. The highest BCUT2D eigenvalue weighted by molar-refractivity contribution is 7.09. The number of nitrogens with zero attached hydrogens (tertiary/aromatic N) is 2. The molecule has 118 valence electrons. The van der Waals surface area contributed by atoms with Crippen LogP contribution in [0.3, 0.4) is 0 Å². The van der Waals surface area contributed by atoms with Crippen molar-refractivity contribution in [3.8, 4) is 0 Å². The Labute approximate surface area is 132 Å². The van der Waals surface area contributed by atoms with Gasteiger partial charge in [-0.3, -0.25) is 0 Å². The second-order valence-corrected chi connectivity index (χ2v) is 6.23. The second-order valence-electron chi connectivity index (χ2n) is 5.48. The summed E-state index contributed by atoms with van der Waals surface area (Å²) in [6.45, 7) is 4.94. The molecule has 0 aliphatic heterocycles. The highest BCUT2D eigenvalue weighted by Crippen LogP contribution is 2.24. The first-order valence-electron chi connectivity index (χ1n) is 6.72. The van der Waals surface area contributed by atoms with Crippen molar-refractivity contribution in [2.24, 2.45) is 5.73 Å². The fourth-order valence-electron chi connectivity index (χ4n) is 1.86. The van der Waals surface area contributed by atoms with Crippen LogP contribution in [0.15, 0.2) is 24.3 Å². The SMILES string of the molecule is CC(C)(CNc1nc(CNC(N)=O)ns1)c1ccc(F)cc1. The Morgan fingerprint density at radius 1 is 1.36 bits per heavy atom. The number of rotatable bonds is 6. The van der Waals surface area contributed by atoms with Gasteiger partial charge >= 0.3 is 6.03 Å². The molecule has 0 spiro atoms. The summed E-state index contributed by atoms with van der Waals surface area (Å²) in [5, 5.41) is 6.31. The highest BCUT2D eigenvalue weighted by Gasteiger charge is 2.21. The second kappa shape index (κ2) is 6.69. The number of urea groups is 1. The van der Waals surface area contributed by atoms with Crippen molar-refractivity contribution in [3.63, 3.8) is 0 Å². The van der Waals surface area contributed by atoms with Gasteiger partial charge in [-0.2, -0.15) is 4.37 Å². The zero-order chi connectivity index (χ0) is 16.2. The molecule has 2 amide bonds. The molecule has 1 aromatic heterocycles. The quantitative estimate of drug-likeness (QED) is 0.760. The van der Waals surface area contributed by atoms with Crippen molar-refractivity contribution in [2.75, 3.05) is 11.9 Å². The zero-order valence-corrected chi connectivity index (χ0v) is 13.2. The lowest BCUT2D eigenvalue weighted by molar-refractivity contribution is 0.248. The summed E-state index contributed by atoms with van der Waals surface area (Å²) in [6, 6.07) is 5.85. The van der Waals surface area contributed by atoms with E-state index >= 15 is 0 Å². The third-order valence-corrected chi connectivity index (χ3v) is 3.91. The van der Waals surface area contributed by atoms with Gasteiger partial charge in [0.25, 0.3) is 0 Å². The third kappa shape index (κ3) is 4.39. The van der Waals surface area contributed by atoms with Crippen LogP contribution in [0.5, 0.6) is 0 Å². The van der Waals surface area contributed by atoms with Crippen LogP contribution in [0.4, 0.5) is 14.3 Å². The van der Waals surface area contributed by atoms with Crippen LogP contribution >= 0.6 is 11.5 Å². The van der Waals surface area contributed by atoms with Crippen molar-refractivity contribution in [2.45, 2.75) is 25.8 Å². The average molecular weight is 323 g/mol. The predicted molar refractivity (Wildman–Crippen MR) is 84.2 cm³/mol. The molecule has 0 unspecified atom stereocenters. The molecule has 2 aromatic rings. The number of nitrogens with two attached hydrogens (primary N) is 1. The van der Waals surface area contributed by atoms with Crippen LogP contribution in [-0.2, 0) is 12.0 Å². The van der Waals surface area contributed by atoms with Crippen LogP contribution < -0.4 is 16.4 Å². The highest BCUT2D eigenvalue weighted by atomic mass is 32.1. The predicted octanol–water partition coefficient (Wildman–Crippen LogP) is 2.24. The monoisotopic (exact) mass is 323 g/mol. The number of primary amides is 1. The summed E-state index contributed by atoms with van der Waals surface area (Å²) < 4.78 is 17.1. The van der Waals surface area contributed by atoms with Crippen molar-refractivity contribution in [1.29, 1.82) is 0 Å². The first-order valence-corrected chi connectivity index (χ1v) is 7.50. The molecule has 1 heterocycles. The molecular formula is C14H18FN5OS. The van der Waals surface area contributed by atoms with E-state index in [-0.39, 0.29) is 17.8 Å². The average Bonchev–Trinajstić information content (AvgIpc) is 2.92. The summed E-state index contributed by atoms with van der Waals surface area (Å²) in [5.41, 5.74) is 5.83. The molecule has 2 rings (SSSR count). The van der Waals surface area contributed by atoms with Gasteiger partial charge in [-0.1, -0.05) is 26.0 Å². The molecule has 0 bridgehead atoms. The first-order chi connectivity index (χ1) is 10.4. The Morgan fingerprint density at radius 3 is 2.68 bits per heavy atom. The molecule has 0 fully saturated rings. The molecule has 0 atom stereocenters. The van der Waals surface area contributed by atoms with Gasteiger partial charge in [0.1, 0.15) is 5.82 Å². The summed E-state index contributed by atoms with van der Waals surface area (Å²) >= 11 is 1.22. The number of hydrogen-bond acceptors (Lipinski definition) is 5. The molecule has 4 N–H and O–H groups in total. The summed E-state index contributed by atoms with van der Waals surface area (Å²) in [6.07, 6.45) is 0. The van der Waals surface area contributed by atoms with Gasteiger partial charge < -0.3 is 16.4 Å². The van der Waals surface area contributed by atoms with E-state index in [1.165, 1.54) is 23.7 Å². The van der Waals surface area contributed by atoms with Gasteiger partial charge in [-0.05, 0) is 17.7 Å². The van der Waals surface area contributed by atoms with E-state index in [9.17, 15) is 9.18 Å². The molecule has 0 radical (unpaired) electrons. The van der Waals surface area contributed by atoms with Gasteiger partial charge in [0.15, 0.2) is 5.82 Å². The number of hydrogen-bond donors (Lipinski definition) is 3. The lowest BCUT2D eigenvalue weighted by Gasteiger charge is -2.25. The number of aromatic nitrogens is 2. The van der Waals surface area contributed by atoms with Gasteiger partial charge in [-0.15, -0.1) is 0 Å². The molecule has 22 heavy (non-hydrogen) atoms. The van der Waals surface area contributed by atoms with Crippen molar-refractivity contribution in [3.05, 3.63) is 41.5 Å². The number of halogens is 1. The molecule has 0 aliphatic carbocycles. The van der Waals surface area contributed by atoms with E-state index < -0.39 is 6.03 Å². The zero-order valence-electron chi connectivity index (χ0n) is 12.4. The normalized spacial score (nSPS) is 11.2. The van der Waals surface area contributed by atoms with Crippen molar-refractivity contribution in [1.82, 2.24) is 14.7 Å². The molecular weight excluding hydrogens is 305 g/mol. The van der Waals surface area contributed by atoms with Crippen molar-refractivity contribution < 1.29 is 9.18 Å². The maximum Gasteiger partial charge on any atom is 0.312 e. The fourth-order valence-corrected chi connectivity index (χ4v) is 2.44. The van der Waals surface area contributed by atoms with Gasteiger partial charge in [0.05, 0.1) is 6.54 Å². The van der Waals surface area contributed by atoms with E-state index in [4.69, 9.17) is 5.73 Å². The Balaban J connectivity index is 1.94. The minimum absolute atomic E-state index is 0.189. The summed E-state index contributed by atoms with van der Waals surface area (Å²) in [5.74, 6) is 0.258. The van der Waals surface area contributed by atoms with Crippen LogP contribution in [0.1, 0.15) is 25.2 Å². The Morgan fingerprint density at radius 2 is 2.05 bits per heavy atom. The minimum Gasteiger partial charge on any atom is -0.359 e. The smallest absolute Gasteiger partial charge is 0.312 e. The fraction of sp³-hybridized carbons (Fsp3) is 0.357. The molecule has 0 saturated heterocycles.